The van der Waals surface area contributed by atoms with Gasteiger partial charge < -0.3 is 5.32 Å². The SMILES string of the molecule is CC1(C)C(CNc2nc(C(F)(F)F)ccc2C#N)C1(C)C. The molecule has 21 heavy (non-hydrogen) atoms. The highest BCUT2D eigenvalue weighted by atomic mass is 19.4. The number of nitriles is 1. The van der Waals surface area contributed by atoms with E-state index in [-0.39, 0.29) is 22.2 Å². The lowest BCUT2D eigenvalue weighted by Crippen LogP contribution is -2.14. The standard InChI is InChI=1S/C15H18F3N3/c1-13(2)10(14(13,3)4)8-20-12-9(7-19)5-6-11(21-12)15(16,17)18/h5-6,10H,8H2,1-4H3,(H,20,21). The fraction of sp³-hybridized carbons (Fsp3) is 0.600. The highest BCUT2D eigenvalue weighted by Crippen LogP contribution is 2.68. The third kappa shape index (κ3) is 2.57. The molecule has 0 aromatic carbocycles. The van der Waals surface area contributed by atoms with Crippen LogP contribution in [0.3, 0.4) is 0 Å². The van der Waals surface area contributed by atoms with Gasteiger partial charge in [-0.05, 0) is 28.9 Å². The van der Waals surface area contributed by atoms with Gasteiger partial charge in [0.25, 0.3) is 0 Å². The predicted octanol–water partition coefficient (Wildman–Crippen LogP) is 4.07. The van der Waals surface area contributed by atoms with Crippen molar-refractivity contribution in [1.29, 1.82) is 5.26 Å². The average molecular weight is 297 g/mol. The normalized spacial score (nSPS) is 19.9. The van der Waals surface area contributed by atoms with Gasteiger partial charge in [-0.15, -0.1) is 0 Å². The molecule has 1 N–H and O–H groups in total. The van der Waals surface area contributed by atoms with Crippen LogP contribution in [0.2, 0.25) is 0 Å². The fourth-order valence-electron chi connectivity index (χ4n) is 2.88. The molecule has 6 heteroatoms. The number of nitrogens with zero attached hydrogens (tertiary/aromatic N) is 2. The van der Waals surface area contributed by atoms with Crippen molar-refractivity contribution in [3.8, 4) is 6.07 Å². The maximum atomic E-state index is 12.7. The van der Waals surface area contributed by atoms with Crippen LogP contribution in [0, 0.1) is 28.1 Å². The number of halogens is 3. The molecular formula is C15H18F3N3. The number of nitrogens with one attached hydrogen (secondary N) is 1. The van der Waals surface area contributed by atoms with Crippen molar-refractivity contribution >= 4 is 5.82 Å². The molecule has 1 fully saturated rings. The van der Waals surface area contributed by atoms with Crippen molar-refractivity contribution in [1.82, 2.24) is 4.98 Å². The van der Waals surface area contributed by atoms with Crippen molar-refractivity contribution in [3.63, 3.8) is 0 Å². The van der Waals surface area contributed by atoms with Crippen molar-refractivity contribution in [3.05, 3.63) is 23.4 Å². The number of anilines is 1. The third-order valence-electron chi connectivity index (χ3n) is 5.10. The second kappa shape index (κ2) is 4.62. The quantitative estimate of drug-likeness (QED) is 0.915. The summed E-state index contributed by atoms with van der Waals surface area (Å²) in [6.45, 7) is 9.02. The van der Waals surface area contributed by atoms with Gasteiger partial charge in [-0.3, -0.25) is 0 Å². The summed E-state index contributed by atoms with van der Waals surface area (Å²) >= 11 is 0. The number of alkyl halides is 3. The topological polar surface area (TPSA) is 48.7 Å². The molecular weight excluding hydrogens is 279 g/mol. The van der Waals surface area contributed by atoms with Crippen LogP contribution >= 0.6 is 0 Å². The van der Waals surface area contributed by atoms with E-state index in [2.05, 4.69) is 38.0 Å². The molecule has 0 unspecified atom stereocenters. The first-order chi connectivity index (χ1) is 9.51. The molecule has 0 saturated heterocycles. The van der Waals surface area contributed by atoms with Gasteiger partial charge in [-0.25, -0.2) is 4.98 Å². The molecule has 114 valence electrons. The van der Waals surface area contributed by atoms with Crippen molar-refractivity contribution < 1.29 is 13.2 Å². The summed E-state index contributed by atoms with van der Waals surface area (Å²) < 4.78 is 38.1. The summed E-state index contributed by atoms with van der Waals surface area (Å²) in [6.07, 6.45) is -4.51. The number of rotatable bonds is 3. The van der Waals surface area contributed by atoms with Crippen molar-refractivity contribution in [2.24, 2.45) is 16.7 Å². The Morgan fingerprint density at radius 2 is 1.81 bits per heavy atom. The number of pyridine rings is 1. The van der Waals surface area contributed by atoms with E-state index < -0.39 is 11.9 Å². The summed E-state index contributed by atoms with van der Waals surface area (Å²) in [5, 5.41) is 11.9. The van der Waals surface area contributed by atoms with Crippen LogP contribution in [0.15, 0.2) is 12.1 Å². The Morgan fingerprint density at radius 3 is 2.24 bits per heavy atom. The molecule has 1 aliphatic rings. The molecule has 1 aromatic rings. The van der Waals surface area contributed by atoms with Crippen LogP contribution in [0.1, 0.15) is 39.0 Å². The zero-order valence-corrected chi connectivity index (χ0v) is 12.5. The Labute approximate surface area is 122 Å². The lowest BCUT2D eigenvalue weighted by atomic mass is 10.0. The van der Waals surface area contributed by atoms with E-state index in [1.54, 1.807) is 0 Å². The monoisotopic (exact) mass is 297 g/mol. The molecule has 1 saturated carbocycles. The van der Waals surface area contributed by atoms with Gasteiger partial charge >= 0.3 is 6.18 Å². The highest BCUT2D eigenvalue weighted by molar-refractivity contribution is 5.52. The number of hydrogen-bond donors (Lipinski definition) is 1. The zero-order chi connectivity index (χ0) is 16.1. The van der Waals surface area contributed by atoms with Gasteiger partial charge in [0.15, 0.2) is 0 Å². The van der Waals surface area contributed by atoms with Gasteiger partial charge in [0.1, 0.15) is 17.6 Å². The van der Waals surface area contributed by atoms with Gasteiger partial charge in [-0.1, -0.05) is 27.7 Å². The van der Waals surface area contributed by atoms with Crippen LogP contribution in [0.4, 0.5) is 19.0 Å². The number of aromatic nitrogens is 1. The molecule has 0 spiro atoms. The molecule has 1 aromatic heterocycles. The molecule has 0 bridgehead atoms. The van der Waals surface area contributed by atoms with Crippen LogP contribution < -0.4 is 5.32 Å². The summed E-state index contributed by atoms with van der Waals surface area (Å²) in [7, 11) is 0. The van der Waals surface area contributed by atoms with E-state index in [4.69, 9.17) is 5.26 Å². The lowest BCUT2D eigenvalue weighted by molar-refractivity contribution is -0.141. The Bertz CT molecular complexity index is 583. The molecule has 3 nitrogen and oxygen atoms in total. The largest absolute Gasteiger partial charge is 0.433 e. The summed E-state index contributed by atoms with van der Waals surface area (Å²) in [6, 6.07) is 3.85. The van der Waals surface area contributed by atoms with Crippen molar-refractivity contribution in [2.45, 2.75) is 33.9 Å². The van der Waals surface area contributed by atoms with E-state index >= 15 is 0 Å². The fourth-order valence-corrected chi connectivity index (χ4v) is 2.88. The van der Waals surface area contributed by atoms with Gasteiger partial charge in [-0.2, -0.15) is 18.4 Å². The van der Waals surface area contributed by atoms with E-state index in [0.717, 1.165) is 12.1 Å². The third-order valence-corrected chi connectivity index (χ3v) is 5.10. The van der Waals surface area contributed by atoms with E-state index in [9.17, 15) is 13.2 Å². The first kappa shape index (κ1) is 15.6. The summed E-state index contributed by atoms with van der Waals surface area (Å²) in [5.74, 6) is 0.332. The first-order valence-corrected chi connectivity index (χ1v) is 6.74. The van der Waals surface area contributed by atoms with Crippen LogP contribution in [-0.4, -0.2) is 11.5 Å². The van der Waals surface area contributed by atoms with E-state index in [0.29, 0.717) is 12.5 Å². The smallest absolute Gasteiger partial charge is 0.369 e. The minimum atomic E-state index is -4.51. The maximum absolute atomic E-state index is 12.7. The van der Waals surface area contributed by atoms with Gasteiger partial charge in [0.05, 0.1) is 5.56 Å². The molecule has 2 rings (SSSR count). The minimum Gasteiger partial charge on any atom is -0.369 e. The maximum Gasteiger partial charge on any atom is 0.433 e. The molecule has 0 amide bonds. The Kier molecular flexibility index (Phi) is 3.43. The predicted molar refractivity (Wildman–Crippen MR) is 73.5 cm³/mol. The van der Waals surface area contributed by atoms with Gasteiger partial charge in [0, 0.05) is 6.54 Å². The first-order valence-electron chi connectivity index (χ1n) is 6.74. The highest BCUT2D eigenvalue weighted by Gasteiger charge is 2.64. The van der Waals surface area contributed by atoms with E-state index in [1.165, 1.54) is 0 Å². The second-order valence-electron chi connectivity index (χ2n) is 6.58. The van der Waals surface area contributed by atoms with Crippen LogP contribution in [-0.2, 0) is 6.18 Å². The van der Waals surface area contributed by atoms with Gasteiger partial charge in [0.2, 0.25) is 0 Å². The molecule has 1 aliphatic carbocycles. The molecule has 0 radical (unpaired) electrons. The molecule has 0 atom stereocenters. The molecule has 1 heterocycles. The number of hydrogen-bond acceptors (Lipinski definition) is 3. The van der Waals surface area contributed by atoms with Crippen molar-refractivity contribution in [2.75, 3.05) is 11.9 Å². The minimum absolute atomic E-state index is 0.00539. The lowest BCUT2D eigenvalue weighted by Gasteiger charge is -2.11. The Morgan fingerprint density at radius 1 is 1.24 bits per heavy atom. The summed E-state index contributed by atoms with van der Waals surface area (Å²) in [4.78, 5) is 3.55. The van der Waals surface area contributed by atoms with E-state index in [1.807, 2.05) is 6.07 Å². The van der Waals surface area contributed by atoms with Crippen LogP contribution in [0.5, 0.6) is 0 Å². The second-order valence-corrected chi connectivity index (χ2v) is 6.58. The summed E-state index contributed by atoms with van der Waals surface area (Å²) in [5.41, 5.74) is -0.624. The zero-order valence-electron chi connectivity index (χ0n) is 12.5. The molecule has 0 aliphatic heterocycles. The Balaban J connectivity index is 2.19. The Hall–Kier alpha value is -1.77. The average Bonchev–Trinajstić information content (AvgIpc) is 2.75. The van der Waals surface area contributed by atoms with Crippen LogP contribution in [0.25, 0.3) is 0 Å².